The predicted molar refractivity (Wildman–Crippen MR) is 189 cm³/mol. The van der Waals surface area contributed by atoms with E-state index < -0.39 is 11.7 Å². The lowest BCUT2D eigenvalue weighted by Crippen LogP contribution is -2.10. The van der Waals surface area contributed by atoms with E-state index in [2.05, 4.69) is 14.5 Å². The van der Waals surface area contributed by atoms with Crippen molar-refractivity contribution in [3.63, 3.8) is 0 Å². The van der Waals surface area contributed by atoms with E-state index in [0.29, 0.717) is 39.3 Å². The molecular formula is C41H22F3N5. The van der Waals surface area contributed by atoms with Crippen molar-refractivity contribution in [1.29, 1.82) is 0 Å². The summed E-state index contributed by atoms with van der Waals surface area (Å²) in [5.41, 5.74) is 4.61. The molecule has 8 aromatic rings. The zero-order chi connectivity index (χ0) is 34.0. The molecule has 0 saturated carbocycles. The van der Waals surface area contributed by atoms with Crippen LogP contribution in [-0.4, -0.2) is 9.13 Å². The molecule has 0 spiro atoms. The first-order valence-corrected chi connectivity index (χ1v) is 15.3. The van der Waals surface area contributed by atoms with Gasteiger partial charge >= 0.3 is 6.18 Å². The van der Waals surface area contributed by atoms with E-state index in [1.807, 2.05) is 69.8 Å². The molecule has 0 bridgehead atoms. The van der Waals surface area contributed by atoms with Crippen molar-refractivity contribution in [2.45, 2.75) is 13.1 Å². The fourth-order valence-corrected chi connectivity index (χ4v) is 7.11. The van der Waals surface area contributed by atoms with E-state index in [4.69, 9.17) is 19.7 Å². The summed E-state index contributed by atoms with van der Waals surface area (Å²) in [7, 11) is 0. The maximum atomic E-state index is 14.8. The molecule has 0 aliphatic rings. The lowest BCUT2D eigenvalue weighted by molar-refractivity contribution is -0.137. The van der Waals surface area contributed by atoms with Crippen molar-refractivity contribution in [3.8, 4) is 22.5 Å². The zero-order valence-corrected chi connectivity index (χ0v) is 25.8. The molecule has 6 aromatic carbocycles. The molecule has 0 atom stereocenters. The molecule has 0 unspecified atom stereocenters. The summed E-state index contributed by atoms with van der Waals surface area (Å²) in [6.07, 6.45) is -4.66. The van der Waals surface area contributed by atoms with Crippen molar-refractivity contribution < 1.29 is 13.2 Å². The molecule has 0 fully saturated rings. The maximum absolute atomic E-state index is 14.8. The SMILES string of the molecule is [C-]#[N+]c1ccc2c(c1)c1ccccc1n2-c1ccc(-c2c(C)cccc2C(F)(F)F)c(-n2c3ccccc3c3cc([N+]#[C-])ccc32)c1[N+]#[C-]. The summed E-state index contributed by atoms with van der Waals surface area (Å²) in [5, 5.41) is 3.26. The third-order valence-corrected chi connectivity index (χ3v) is 9.12. The quantitative estimate of drug-likeness (QED) is 0.171. The molecule has 232 valence electrons. The molecule has 0 radical (unpaired) electrons. The fraction of sp³-hybridized carbons (Fsp3) is 0.0488. The molecule has 0 amide bonds. The lowest BCUT2D eigenvalue weighted by atomic mass is 9.92. The average Bonchev–Trinajstić information content (AvgIpc) is 3.62. The first kappa shape index (κ1) is 29.6. The van der Waals surface area contributed by atoms with Crippen LogP contribution in [0.25, 0.3) is 80.6 Å². The number of aryl methyl sites for hydroxylation is 1. The Morgan fingerprint density at radius 1 is 0.551 bits per heavy atom. The lowest BCUT2D eigenvalue weighted by Gasteiger charge is -2.23. The standard InChI is InChI=1S/C41H22F3N5/c1-24-10-9-13-32(41(42,43)44)38(24)29-18-21-37(48-33-14-7-5-11-27(33)30-22-25(45-2)16-19-35(30)48)39(47-4)40(29)49-34-15-8-6-12-28(34)31-23-26(46-3)17-20-36(31)49/h5-23H,1H3. The monoisotopic (exact) mass is 641 g/mol. The number of aromatic nitrogens is 2. The highest BCUT2D eigenvalue weighted by molar-refractivity contribution is 6.13. The van der Waals surface area contributed by atoms with Crippen LogP contribution in [0.3, 0.4) is 0 Å². The third-order valence-electron chi connectivity index (χ3n) is 9.12. The van der Waals surface area contributed by atoms with Crippen LogP contribution in [0.15, 0.2) is 115 Å². The second-order valence-corrected chi connectivity index (χ2v) is 11.8. The number of hydrogen-bond acceptors (Lipinski definition) is 0. The molecule has 0 N–H and O–H groups in total. The maximum Gasteiger partial charge on any atom is 0.417 e. The summed E-state index contributed by atoms with van der Waals surface area (Å²) in [6.45, 7) is 25.5. The first-order chi connectivity index (χ1) is 23.7. The highest BCUT2D eigenvalue weighted by atomic mass is 19.4. The Bertz CT molecular complexity index is 2820. The topological polar surface area (TPSA) is 22.9 Å². The van der Waals surface area contributed by atoms with Crippen molar-refractivity contribution in [2.24, 2.45) is 0 Å². The van der Waals surface area contributed by atoms with Gasteiger partial charge in [0.05, 0.1) is 58.7 Å². The van der Waals surface area contributed by atoms with Gasteiger partial charge in [-0.25, -0.2) is 14.5 Å². The van der Waals surface area contributed by atoms with Gasteiger partial charge in [0, 0.05) is 10.8 Å². The third kappa shape index (κ3) is 4.38. The van der Waals surface area contributed by atoms with Crippen molar-refractivity contribution in [2.75, 3.05) is 0 Å². The fourth-order valence-electron chi connectivity index (χ4n) is 7.11. The van der Waals surface area contributed by atoms with E-state index in [1.54, 1.807) is 49.4 Å². The number of hydrogen-bond donors (Lipinski definition) is 0. The largest absolute Gasteiger partial charge is 0.417 e. The highest BCUT2D eigenvalue weighted by Gasteiger charge is 2.36. The van der Waals surface area contributed by atoms with Gasteiger partial charge < -0.3 is 9.13 Å². The molecule has 8 heteroatoms. The van der Waals surface area contributed by atoms with Crippen LogP contribution in [0, 0.1) is 26.6 Å². The van der Waals surface area contributed by atoms with Gasteiger partial charge in [-0.1, -0.05) is 66.7 Å². The van der Waals surface area contributed by atoms with Gasteiger partial charge in [-0.05, 0) is 82.9 Å². The van der Waals surface area contributed by atoms with Crippen LogP contribution < -0.4 is 0 Å². The zero-order valence-electron chi connectivity index (χ0n) is 25.8. The number of fused-ring (bicyclic) bond motifs is 6. The molecule has 49 heavy (non-hydrogen) atoms. The van der Waals surface area contributed by atoms with Gasteiger partial charge in [-0.3, -0.25) is 0 Å². The van der Waals surface area contributed by atoms with Gasteiger partial charge in [-0.15, -0.1) is 0 Å². The van der Waals surface area contributed by atoms with Crippen LogP contribution in [0.1, 0.15) is 11.1 Å². The first-order valence-electron chi connectivity index (χ1n) is 15.3. The van der Waals surface area contributed by atoms with Crippen molar-refractivity contribution >= 4 is 60.7 Å². The Labute approximate surface area is 278 Å². The van der Waals surface area contributed by atoms with E-state index in [0.717, 1.165) is 38.6 Å². The van der Waals surface area contributed by atoms with Crippen LogP contribution in [-0.2, 0) is 6.18 Å². The molecule has 5 nitrogen and oxygen atoms in total. The predicted octanol–water partition coefficient (Wildman–Crippen LogP) is 12.5. The number of halogens is 3. The van der Waals surface area contributed by atoms with Gasteiger partial charge in [0.1, 0.15) is 0 Å². The summed E-state index contributed by atoms with van der Waals surface area (Å²) in [4.78, 5) is 11.4. The number of benzene rings is 6. The highest BCUT2D eigenvalue weighted by Crippen LogP contribution is 2.49. The molecule has 2 aromatic heterocycles. The molecular weight excluding hydrogens is 619 g/mol. The molecule has 8 rings (SSSR count). The Hall–Kier alpha value is -6.82. The van der Waals surface area contributed by atoms with Crippen LogP contribution in [0.5, 0.6) is 0 Å². The number of para-hydroxylation sites is 2. The second kappa shape index (κ2) is 10.9. The van der Waals surface area contributed by atoms with Crippen molar-refractivity contribution in [3.05, 3.63) is 161 Å². The van der Waals surface area contributed by atoms with Gasteiger partial charge in [0.25, 0.3) is 0 Å². The van der Waals surface area contributed by atoms with Crippen LogP contribution >= 0.6 is 0 Å². The van der Waals surface area contributed by atoms with Crippen LogP contribution in [0.2, 0.25) is 0 Å². The summed E-state index contributed by atoms with van der Waals surface area (Å²) >= 11 is 0. The van der Waals surface area contributed by atoms with E-state index in [-0.39, 0.29) is 16.8 Å². The average molecular weight is 642 g/mol. The Morgan fingerprint density at radius 2 is 1.10 bits per heavy atom. The van der Waals surface area contributed by atoms with E-state index in [9.17, 15) is 13.2 Å². The minimum absolute atomic E-state index is 0.00548. The number of alkyl halides is 3. The Morgan fingerprint density at radius 3 is 1.67 bits per heavy atom. The summed E-state index contributed by atoms with van der Waals surface area (Å²) < 4.78 is 48.1. The minimum Gasteiger partial charge on any atom is -0.319 e. The van der Waals surface area contributed by atoms with Gasteiger partial charge in [0.2, 0.25) is 5.69 Å². The Kier molecular flexibility index (Phi) is 6.56. The molecule has 0 aliphatic heterocycles. The Balaban J connectivity index is 1.60. The van der Waals surface area contributed by atoms with E-state index >= 15 is 0 Å². The van der Waals surface area contributed by atoms with Crippen LogP contribution in [0.4, 0.5) is 30.2 Å². The van der Waals surface area contributed by atoms with Crippen molar-refractivity contribution in [1.82, 2.24) is 9.13 Å². The molecule has 0 aliphatic carbocycles. The second-order valence-electron chi connectivity index (χ2n) is 11.8. The molecule has 0 saturated heterocycles. The smallest absolute Gasteiger partial charge is 0.319 e. The normalized spacial score (nSPS) is 11.6. The number of rotatable bonds is 3. The summed E-state index contributed by atoms with van der Waals surface area (Å²) in [6, 6.07) is 33.4. The van der Waals surface area contributed by atoms with Gasteiger partial charge in [-0.2, -0.15) is 13.2 Å². The van der Waals surface area contributed by atoms with E-state index in [1.165, 1.54) is 6.07 Å². The minimum atomic E-state index is -4.66. The molecule has 2 heterocycles. The van der Waals surface area contributed by atoms with Gasteiger partial charge in [0.15, 0.2) is 11.4 Å². The summed E-state index contributed by atoms with van der Waals surface area (Å²) in [5.74, 6) is 0. The number of nitrogens with zero attached hydrogens (tertiary/aromatic N) is 5.